The highest BCUT2D eigenvalue weighted by Gasteiger charge is 2.36. The van der Waals surface area contributed by atoms with Crippen molar-refractivity contribution in [3.63, 3.8) is 0 Å². The molecule has 1 unspecified atom stereocenters. The largest absolute Gasteiger partial charge is 0.490 e. The van der Waals surface area contributed by atoms with Crippen LogP contribution in [0.25, 0.3) is 0 Å². The number of nitrogens with one attached hydrogen (secondary N) is 1. The molecule has 0 spiro atoms. The summed E-state index contributed by atoms with van der Waals surface area (Å²) >= 11 is 0. The lowest BCUT2D eigenvalue weighted by atomic mass is 9.83. The molecule has 3 N–H and O–H groups in total. The van der Waals surface area contributed by atoms with Crippen LogP contribution < -0.4 is 20.5 Å². The van der Waals surface area contributed by atoms with E-state index in [1.807, 2.05) is 39.0 Å². The fourth-order valence-corrected chi connectivity index (χ4v) is 3.98. The lowest BCUT2D eigenvalue weighted by Crippen LogP contribution is -2.25. The molecule has 0 radical (unpaired) electrons. The number of nitrogens with zero attached hydrogens (tertiary/aromatic N) is 1. The molecular formula is C28H31N3O6. The summed E-state index contributed by atoms with van der Waals surface area (Å²) in [6.45, 7) is 9.20. The number of allylic oxidation sites excluding steroid dienone is 2. The zero-order valence-corrected chi connectivity index (χ0v) is 21.6. The second kappa shape index (κ2) is 12.0. The van der Waals surface area contributed by atoms with Crippen molar-refractivity contribution >= 4 is 17.6 Å². The standard InChI is InChI=1S/C28H31N3O6/c1-6-34-23-13-19(26-20(14-29)27(30)37-18(5)25(26)28(33)35-7-2)10-11-22(23)36-15-24(32)31-21-12-16(3)8-9-17(21)4/h8-13,26H,6-7,15,30H2,1-5H3,(H,31,32). The molecule has 9 heteroatoms. The van der Waals surface area contributed by atoms with Crippen molar-refractivity contribution in [1.82, 2.24) is 0 Å². The molecule has 1 heterocycles. The van der Waals surface area contributed by atoms with Crippen LogP contribution in [0.2, 0.25) is 0 Å². The van der Waals surface area contributed by atoms with E-state index in [2.05, 4.69) is 11.4 Å². The topological polar surface area (TPSA) is 133 Å². The van der Waals surface area contributed by atoms with Crippen LogP contribution in [0.15, 0.2) is 59.2 Å². The molecule has 0 fully saturated rings. The average Bonchev–Trinajstić information content (AvgIpc) is 2.85. The van der Waals surface area contributed by atoms with Gasteiger partial charge in [-0.1, -0.05) is 18.2 Å². The van der Waals surface area contributed by atoms with Gasteiger partial charge in [0.2, 0.25) is 5.88 Å². The highest BCUT2D eigenvalue weighted by atomic mass is 16.5. The molecule has 194 valence electrons. The van der Waals surface area contributed by atoms with Crippen LogP contribution in [0.1, 0.15) is 43.4 Å². The lowest BCUT2D eigenvalue weighted by Gasteiger charge is -2.27. The van der Waals surface area contributed by atoms with Crippen LogP contribution >= 0.6 is 0 Å². The minimum atomic E-state index is -0.821. The Hall–Kier alpha value is -4.45. The van der Waals surface area contributed by atoms with Crippen LogP contribution in [-0.4, -0.2) is 31.7 Å². The van der Waals surface area contributed by atoms with Crippen LogP contribution in [0, 0.1) is 25.2 Å². The van der Waals surface area contributed by atoms with Crippen LogP contribution in [0.3, 0.4) is 0 Å². The summed E-state index contributed by atoms with van der Waals surface area (Å²) in [7, 11) is 0. The van der Waals surface area contributed by atoms with E-state index in [-0.39, 0.29) is 41.9 Å². The summed E-state index contributed by atoms with van der Waals surface area (Å²) in [6.07, 6.45) is 0. The third kappa shape index (κ3) is 6.22. The van der Waals surface area contributed by atoms with Gasteiger partial charge in [-0.3, -0.25) is 4.79 Å². The monoisotopic (exact) mass is 505 g/mol. The van der Waals surface area contributed by atoms with Gasteiger partial charge in [-0.15, -0.1) is 0 Å². The van der Waals surface area contributed by atoms with Gasteiger partial charge in [0.15, 0.2) is 18.1 Å². The second-order valence-electron chi connectivity index (χ2n) is 8.41. The highest BCUT2D eigenvalue weighted by molar-refractivity contribution is 5.93. The smallest absolute Gasteiger partial charge is 0.338 e. The Balaban J connectivity index is 1.90. The normalized spacial score (nSPS) is 15.0. The summed E-state index contributed by atoms with van der Waals surface area (Å²) in [5.74, 6) is -0.897. The fourth-order valence-electron chi connectivity index (χ4n) is 3.98. The number of hydrogen-bond acceptors (Lipinski definition) is 8. The number of carbonyl (C=O) groups is 2. The number of hydrogen-bond donors (Lipinski definition) is 2. The molecule has 0 saturated carbocycles. The molecule has 37 heavy (non-hydrogen) atoms. The van der Waals surface area contributed by atoms with Gasteiger partial charge in [-0.05, 0) is 69.5 Å². The number of anilines is 1. The Kier molecular flexibility index (Phi) is 8.80. The minimum Gasteiger partial charge on any atom is -0.490 e. The minimum absolute atomic E-state index is 0.0812. The summed E-state index contributed by atoms with van der Waals surface area (Å²) in [5.41, 5.74) is 9.49. The molecule has 1 amide bonds. The Morgan fingerprint density at radius 1 is 1.05 bits per heavy atom. The van der Waals surface area contributed by atoms with E-state index in [4.69, 9.17) is 24.7 Å². The van der Waals surface area contributed by atoms with E-state index < -0.39 is 11.9 Å². The first kappa shape index (κ1) is 27.1. The lowest BCUT2D eigenvalue weighted by molar-refractivity contribution is -0.139. The molecule has 0 saturated heterocycles. The zero-order valence-electron chi connectivity index (χ0n) is 21.6. The number of ether oxygens (including phenoxy) is 4. The SMILES string of the molecule is CCOC(=O)C1=C(C)OC(N)=C(C#N)C1c1ccc(OCC(=O)Nc2cc(C)ccc2C)c(OCC)c1. The molecule has 3 rings (SSSR count). The number of amides is 1. The first-order valence-corrected chi connectivity index (χ1v) is 11.9. The maximum atomic E-state index is 12.8. The van der Waals surface area contributed by atoms with Crippen molar-refractivity contribution in [1.29, 1.82) is 5.26 Å². The zero-order chi connectivity index (χ0) is 27.1. The number of esters is 1. The number of rotatable bonds is 9. The Bertz CT molecular complexity index is 1310. The molecule has 0 bridgehead atoms. The number of nitriles is 1. The molecule has 9 nitrogen and oxygen atoms in total. The summed E-state index contributed by atoms with van der Waals surface area (Å²) in [4.78, 5) is 25.3. The third-order valence-corrected chi connectivity index (χ3v) is 5.73. The summed E-state index contributed by atoms with van der Waals surface area (Å²) in [6, 6.07) is 12.8. The Morgan fingerprint density at radius 2 is 1.81 bits per heavy atom. The molecule has 0 aliphatic carbocycles. The van der Waals surface area contributed by atoms with E-state index >= 15 is 0 Å². The van der Waals surface area contributed by atoms with E-state index in [0.29, 0.717) is 23.7 Å². The van der Waals surface area contributed by atoms with Gasteiger partial charge >= 0.3 is 5.97 Å². The highest BCUT2D eigenvalue weighted by Crippen LogP contribution is 2.42. The van der Waals surface area contributed by atoms with Gasteiger partial charge < -0.3 is 30.0 Å². The molecule has 1 aliphatic rings. The van der Waals surface area contributed by atoms with Crippen molar-refractivity contribution in [2.24, 2.45) is 5.73 Å². The number of nitrogens with two attached hydrogens (primary N) is 1. The first-order valence-electron chi connectivity index (χ1n) is 11.9. The van der Waals surface area contributed by atoms with E-state index in [9.17, 15) is 14.9 Å². The van der Waals surface area contributed by atoms with Crippen molar-refractivity contribution in [3.8, 4) is 17.6 Å². The van der Waals surface area contributed by atoms with Crippen molar-refractivity contribution in [2.75, 3.05) is 25.1 Å². The van der Waals surface area contributed by atoms with Gasteiger partial charge in [0.25, 0.3) is 5.91 Å². The van der Waals surface area contributed by atoms with E-state index in [1.165, 1.54) is 0 Å². The number of benzene rings is 2. The first-order chi connectivity index (χ1) is 17.7. The average molecular weight is 506 g/mol. The van der Waals surface area contributed by atoms with E-state index in [0.717, 1.165) is 16.8 Å². The summed E-state index contributed by atoms with van der Waals surface area (Å²) in [5, 5.41) is 12.7. The third-order valence-electron chi connectivity index (χ3n) is 5.73. The predicted molar refractivity (Wildman–Crippen MR) is 138 cm³/mol. The maximum Gasteiger partial charge on any atom is 0.338 e. The quantitative estimate of drug-likeness (QED) is 0.480. The molecular weight excluding hydrogens is 474 g/mol. The van der Waals surface area contributed by atoms with Crippen LogP contribution in [0.5, 0.6) is 11.5 Å². The molecule has 1 aliphatic heterocycles. The van der Waals surface area contributed by atoms with E-state index in [1.54, 1.807) is 32.0 Å². The van der Waals surface area contributed by atoms with Crippen molar-refractivity contribution in [3.05, 3.63) is 75.9 Å². The molecule has 1 atom stereocenters. The van der Waals surface area contributed by atoms with Crippen molar-refractivity contribution in [2.45, 2.75) is 40.5 Å². The maximum absolute atomic E-state index is 12.8. The Labute approximate surface area is 216 Å². The number of aryl methyl sites for hydroxylation is 2. The van der Waals surface area contributed by atoms with Gasteiger partial charge in [0, 0.05) is 5.69 Å². The summed E-state index contributed by atoms with van der Waals surface area (Å²) < 4.78 is 22.2. The number of carbonyl (C=O) groups excluding carboxylic acids is 2. The predicted octanol–water partition coefficient (Wildman–Crippen LogP) is 4.36. The van der Waals surface area contributed by atoms with Gasteiger partial charge in [0.1, 0.15) is 17.4 Å². The van der Waals surface area contributed by atoms with Crippen LogP contribution in [-0.2, 0) is 19.1 Å². The molecule has 2 aromatic rings. The van der Waals surface area contributed by atoms with Gasteiger partial charge in [-0.2, -0.15) is 5.26 Å². The van der Waals surface area contributed by atoms with Gasteiger partial charge in [0.05, 0.1) is 24.7 Å². The van der Waals surface area contributed by atoms with Crippen LogP contribution in [0.4, 0.5) is 5.69 Å². The fraction of sp³-hybridized carbons (Fsp3) is 0.321. The molecule has 0 aromatic heterocycles. The molecule has 2 aromatic carbocycles. The Morgan fingerprint density at radius 3 is 2.49 bits per heavy atom. The second-order valence-corrected chi connectivity index (χ2v) is 8.41. The van der Waals surface area contributed by atoms with Crippen molar-refractivity contribution < 1.29 is 28.5 Å². The van der Waals surface area contributed by atoms with Gasteiger partial charge in [-0.25, -0.2) is 4.79 Å².